The van der Waals surface area contributed by atoms with E-state index in [0.717, 1.165) is 6.42 Å². The molecule has 4 nitrogen and oxygen atoms in total. The van der Waals surface area contributed by atoms with Gasteiger partial charge in [0, 0.05) is 20.1 Å². The molecule has 1 rings (SSSR count). The van der Waals surface area contributed by atoms with Crippen molar-refractivity contribution in [2.75, 3.05) is 20.1 Å². The highest BCUT2D eigenvalue weighted by molar-refractivity contribution is 5.74. The molecular formula is C7H11N3O. The zero-order valence-corrected chi connectivity index (χ0v) is 6.50. The Morgan fingerprint density at radius 2 is 2.55 bits per heavy atom. The van der Waals surface area contributed by atoms with Crippen molar-refractivity contribution in [3.8, 4) is 6.07 Å². The average Bonchev–Trinajstić information content (AvgIpc) is 2.50. The minimum Gasteiger partial charge on any atom is -0.341 e. The third-order valence-corrected chi connectivity index (χ3v) is 1.87. The van der Waals surface area contributed by atoms with Crippen molar-refractivity contribution in [1.29, 1.82) is 5.26 Å². The maximum absolute atomic E-state index is 11.0. The molecule has 1 fully saturated rings. The summed E-state index contributed by atoms with van der Waals surface area (Å²) in [6.07, 6.45) is 0.809. The molecule has 0 aliphatic carbocycles. The van der Waals surface area contributed by atoms with Gasteiger partial charge in [0.2, 0.25) is 0 Å². The first-order valence-corrected chi connectivity index (χ1v) is 3.64. The fourth-order valence-electron chi connectivity index (χ4n) is 1.21. The zero-order valence-electron chi connectivity index (χ0n) is 6.50. The van der Waals surface area contributed by atoms with E-state index in [0.29, 0.717) is 13.1 Å². The van der Waals surface area contributed by atoms with Gasteiger partial charge in [0.25, 0.3) is 0 Å². The molecule has 1 aliphatic heterocycles. The van der Waals surface area contributed by atoms with Crippen LogP contribution in [0.25, 0.3) is 0 Å². The van der Waals surface area contributed by atoms with Gasteiger partial charge < -0.3 is 10.2 Å². The van der Waals surface area contributed by atoms with Crippen LogP contribution in [0.3, 0.4) is 0 Å². The number of nitriles is 1. The monoisotopic (exact) mass is 153 g/mol. The Hall–Kier alpha value is -1.24. The van der Waals surface area contributed by atoms with Crippen LogP contribution in [0.15, 0.2) is 0 Å². The van der Waals surface area contributed by atoms with Crippen LogP contribution in [-0.2, 0) is 0 Å². The van der Waals surface area contributed by atoms with Crippen LogP contribution in [0.4, 0.5) is 4.79 Å². The lowest BCUT2D eigenvalue weighted by atomic mass is 10.1. The van der Waals surface area contributed by atoms with Crippen molar-refractivity contribution in [2.24, 2.45) is 5.92 Å². The first kappa shape index (κ1) is 7.86. The summed E-state index contributed by atoms with van der Waals surface area (Å²) in [5, 5.41) is 11.1. The molecule has 1 saturated heterocycles. The Balaban J connectivity index is 2.43. The van der Waals surface area contributed by atoms with Gasteiger partial charge in [0.1, 0.15) is 0 Å². The number of urea groups is 1. The lowest BCUT2D eigenvalue weighted by molar-refractivity contribution is 0.210. The molecular weight excluding hydrogens is 142 g/mol. The number of carbonyl (C=O) groups excluding carboxylic acids is 1. The fourth-order valence-corrected chi connectivity index (χ4v) is 1.21. The van der Waals surface area contributed by atoms with Gasteiger partial charge in [0.15, 0.2) is 0 Å². The van der Waals surface area contributed by atoms with Crippen LogP contribution in [0.1, 0.15) is 6.42 Å². The highest BCUT2D eigenvalue weighted by atomic mass is 16.2. The van der Waals surface area contributed by atoms with Crippen molar-refractivity contribution in [1.82, 2.24) is 10.2 Å². The van der Waals surface area contributed by atoms with Crippen molar-refractivity contribution >= 4 is 6.03 Å². The summed E-state index contributed by atoms with van der Waals surface area (Å²) < 4.78 is 0. The molecule has 4 heteroatoms. The van der Waals surface area contributed by atoms with Gasteiger partial charge in [0.05, 0.1) is 12.0 Å². The minimum atomic E-state index is -0.0808. The second kappa shape index (κ2) is 3.24. The molecule has 1 N–H and O–H groups in total. The minimum absolute atomic E-state index is 0.0345. The van der Waals surface area contributed by atoms with Crippen LogP contribution >= 0.6 is 0 Å². The number of carbonyl (C=O) groups is 1. The highest BCUT2D eigenvalue weighted by Gasteiger charge is 2.24. The van der Waals surface area contributed by atoms with Crippen LogP contribution in [0.5, 0.6) is 0 Å². The molecule has 1 heterocycles. The van der Waals surface area contributed by atoms with E-state index in [1.807, 2.05) is 0 Å². The van der Waals surface area contributed by atoms with Crippen molar-refractivity contribution in [3.05, 3.63) is 0 Å². The first-order chi connectivity index (χ1) is 5.27. The molecule has 0 spiro atoms. The lowest BCUT2D eigenvalue weighted by Crippen LogP contribution is -2.36. The van der Waals surface area contributed by atoms with Crippen LogP contribution < -0.4 is 5.32 Å². The predicted molar refractivity (Wildman–Crippen MR) is 39.7 cm³/mol. The quantitative estimate of drug-likeness (QED) is 0.539. The predicted octanol–water partition coefficient (Wildman–Crippen LogP) is 0.171. The molecule has 0 aromatic heterocycles. The molecule has 60 valence electrons. The molecule has 0 aromatic rings. The first-order valence-electron chi connectivity index (χ1n) is 3.64. The molecule has 1 atom stereocenters. The van der Waals surface area contributed by atoms with Crippen LogP contribution in [-0.4, -0.2) is 31.1 Å². The van der Waals surface area contributed by atoms with E-state index in [1.165, 1.54) is 0 Å². The Morgan fingerprint density at radius 1 is 1.82 bits per heavy atom. The summed E-state index contributed by atoms with van der Waals surface area (Å²) in [5.41, 5.74) is 0. The van der Waals surface area contributed by atoms with Crippen LogP contribution in [0, 0.1) is 17.2 Å². The van der Waals surface area contributed by atoms with E-state index in [2.05, 4.69) is 11.4 Å². The summed E-state index contributed by atoms with van der Waals surface area (Å²) >= 11 is 0. The van der Waals surface area contributed by atoms with Gasteiger partial charge in [-0.15, -0.1) is 0 Å². The summed E-state index contributed by atoms with van der Waals surface area (Å²) in [7, 11) is 1.60. The Kier molecular flexibility index (Phi) is 2.32. The number of hydrogen-bond acceptors (Lipinski definition) is 2. The lowest BCUT2D eigenvalue weighted by Gasteiger charge is -2.13. The van der Waals surface area contributed by atoms with Crippen molar-refractivity contribution in [2.45, 2.75) is 6.42 Å². The third-order valence-electron chi connectivity index (χ3n) is 1.87. The van der Waals surface area contributed by atoms with Gasteiger partial charge in [-0.05, 0) is 6.42 Å². The van der Waals surface area contributed by atoms with E-state index in [-0.39, 0.29) is 11.9 Å². The fraction of sp³-hybridized carbons (Fsp3) is 0.714. The maximum Gasteiger partial charge on any atom is 0.317 e. The molecule has 2 amide bonds. The number of nitrogens with zero attached hydrogens (tertiary/aromatic N) is 2. The molecule has 11 heavy (non-hydrogen) atoms. The maximum atomic E-state index is 11.0. The van der Waals surface area contributed by atoms with Gasteiger partial charge in [-0.2, -0.15) is 5.26 Å². The molecule has 0 bridgehead atoms. The smallest absolute Gasteiger partial charge is 0.317 e. The topological polar surface area (TPSA) is 56.1 Å². The summed E-state index contributed by atoms with van der Waals surface area (Å²) in [5.74, 6) is 0.0345. The number of nitrogens with one attached hydrogen (secondary N) is 1. The Labute approximate surface area is 65.8 Å². The van der Waals surface area contributed by atoms with Gasteiger partial charge in [-0.1, -0.05) is 0 Å². The van der Waals surface area contributed by atoms with Gasteiger partial charge >= 0.3 is 6.03 Å². The number of rotatable bonds is 0. The van der Waals surface area contributed by atoms with E-state index in [4.69, 9.17) is 5.26 Å². The molecule has 1 aliphatic rings. The standard InChI is InChI=1S/C7H11N3O/c1-9-7(11)10-3-2-6(4-8)5-10/h6H,2-3,5H2,1H3,(H,9,11). The van der Waals surface area contributed by atoms with E-state index >= 15 is 0 Å². The second-order valence-corrected chi connectivity index (χ2v) is 2.62. The van der Waals surface area contributed by atoms with Gasteiger partial charge in [-0.25, -0.2) is 4.79 Å². The molecule has 0 saturated carbocycles. The van der Waals surface area contributed by atoms with Crippen LogP contribution in [0.2, 0.25) is 0 Å². The van der Waals surface area contributed by atoms with Gasteiger partial charge in [-0.3, -0.25) is 0 Å². The Bertz CT molecular complexity index is 196. The highest BCUT2D eigenvalue weighted by Crippen LogP contribution is 2.14. The summed E-state index contributed by atoms with van der Waals surface area (Å²) in [6, 6.07) is 2.07. The summed E-state index contributed by atoms with van der Waals surface area (Å²) in [6.45, 7) is 1.29. The normalized spacial score (nSPS) is 22.9. The largest absolute Gasteiger partial charge is 0.341 e. The molecule has 0 aromatic carbocycles. The van der Waals surface area contributed by atoms with E-state index in [1.54, 1.807) is 11.9 Å². The Morgan fingerprint density at radius 3 is 3.00 bits per heavy atom. The van der Waals surface area contributed by atoms with Crippen molar-refractivity contribution in [3.63, 3.8) is 0 Å². The number of amides is 2. The van der Waals surface area contributed by atoms with E-state index in [9.17, 15) is 4.79 Å². The zero-order chi connectivity index (χ0) is 8.27. The number of hydrogen-bond donors (Lipinski definition) is 1. The molecule has 0 radical (unpaired) electrons. The number of likely N-dealkylation sites (tertiary alicyclic amines) is 1. The third kappa shape index (κ3) is 1.61. The molecule has 1 unspecified atom stereocenters. The van der Waals surface area contributed by atoms with Crippen molar-refractivity contribution < 1.29 is 4.79 Å². The second-order valence-electron chi connectivity index (χ2n) is 2.62. The average molecular weight is 153 g/mol. The SMILES string of the molecule is CNC(=O)N1CCC(C#N)C1. The van der Waals surface area contributed by atoms with E-state index < -0.39 is 0 Å². The summed E-state index contributed by atoms with van der Waals surface area (Å²) in [4.78, 5) is 12.6.